The normalized spacial score (nSPS) is 15.6. The van der Waals surface area contributed by atoms with Crippen molar-refractivity contribution in [1.29, 1.82) is 0 Å². The van der Waals surface area contributed by atoms with E-state index in [1.54, 1.807) is 12.3 Å². The lowest BCUT2D eigenvalue weighted by atomic mass is 9.74. The fourth-order valence-electron chi connectivity index (χ4n) is 3.01. The van der Waals surface area contributed by atoms with Crippen LogP contribution in [0.4, 0.5) is 5.69 Å². The third-order valence-corrected chi connectivity index (χ3v) is 4.71. The summed E-state index contributed by atoms with van der Waals surface area (Å²) in [7, 11) is 1.53. The summed E-state index contributed by atoms with van der Waals surface area (Å²) in [4.78, 5) is 21.7. The van der Waals surface area contributed by atoms with Crippen molar-refractivity contribution in [3.63, 3.8) is 0 Å². The summed E-state index contributed by atoms with van der Waals surface area (Å²) in [5.74, 6) is 0.621. The molecule has 0 bridgehead atoms. The Morgan fingerprint density at radius 1 is 1.40 bits per heavy atom. The highest BCUT2D eigenvalue weighted by atomic mass is 35.5. The lowest BCUT2D eigenvalue weighted by Crippen LogP contribution is -2.64. The molecule has 0 atom stereocenters. The molecular weight excluding hydrogens is 340 g/mol. The molecule has 3 rings (SSSR count). The number of rotatable bonds is 5. The molecule has 0 radical (unpaired) electrons. The van der Waals surface area contributed by atoms with Crippen molar-refractivity contribution in [2.24, 2.45) is 0 Å². The van der Waals surface area contributed by atoms with Gasteiger partial charge >= 0.3 is 0 Å². The summed E-state index contributed by atoms with van der Waals surface area (Å²) in [5.41, 5.74) is 1.69. The van der Waals surface area contributed by atoms with Gasteiger partial charge in [-0.15, -0.1) is 0 Å². The number of nitrogens with one attached hydrogen (secondary N) is 2. The number of hydrogen-bond acceptors (Lipinski definition) is 5. The zero-order chi connectivity index (χ0) is 18.0. The van der Waals surface area contributed by atoms with Crippen LogP contribution in [-0.2, 0) is 10.2 Å². The second-order valence-electron chi connectivity index (χ2n) is 6.44. The summed E-state index contributed by atoms with van der Waals surface area (Å²) in [6.07, 6.45) is 3.24. The molecule has 2 aromatic heterocycles. The molecule has 2 N–H and O–H groups in total. The lowest BCUT2D eigenvalue weighted by Gasteiger charge is -2.41. The minimum absolute atomic E-state index is 0.130. The number of pyridine rings is 2. The lowest BCUT2D eigenvalue weighted by molar-refractivity contribution is -0.123. The smallest absolute Gasteiger partial charge is 0.239 e. The van der Waals surface area contributed by atoms with Crippen LogP contribution in [0.2, 0.25) is 5.15 Å². The van der Waals surface area contributed by atoms with Gasteiger partial charge in [0.25, 0.3) is 0 Å². The second kappa shape index (κ2) is 6.98. The van der Waals surface area contributed by atoms with Crippen molar-refractivity contribution in [2.75, 3.05) is 25.5 Å². The predicted octanol–water partition coefficient (Wildman–Crippen LogP) is 2.74. The molecule has 6 nitrogen and oxygen atoms in total. The van der Waals surface area contributed by atoms with Gasteiger partial charge in [0.2, 0.25) is 5.91 Å². The Morgan fingerprint density at radius 3 is 2.76 bits per heavy atom. The van der Waals surface area contributed by atoms with Crippen molar-refractivity contribution in [3.8, 4) is 5.75 Å². The summed E-state index contributed by atoms with van der Waals surface area (Å²) < 4.78 is 5.29. The van der Waals surface area contributed by atoms with E-state index >= 15 is 0 Å². The molecule has 0 unspecified atom stereocenters. The first-order valence-corrected chi connectivity index (χ1v) is 8.53. The molecule has 0 spiro atoms. The van der Waals surface area contributed by atoms with Crippen LogP contribution in [0.25, 0.3) is 0 Å². The molecule has 0 aromatic carbocycles. The number of carbonyl (C=O) groups is 1. The first-order valence-electron chi connectivity index (χ1n) is 8.15. The number of amides is 1. The molecule has 0 saturated carbocycles. The molecule has 1 amide bonds. The maximum absolute atomic E-state index is 13.1. The van der Waals surface area contributed by atoms with E-state index in [1.165, 1.54) is 13.3 Å². The topological polar surface area (TPSA) is 76.1 Å². The zero-order valence-corrected chi connectivity index (χ0v) is 15.2. The average molecular weight is 361 g/mol. The van der Waals surface area contributed by atoms with Crippen molar-refractivity contribution in [3.05, 3.63) is 47.0 Å². The highest BCUT2D eigenvalue weighted by Crippen LogP contribution is 2.35. The fraction of sp³-hybridized carbons (Fsp3) is 0.389. The van der Waals surface area contributed by atoms with Crippen LogP contribution in [0.1, 0.15) is 31.0 Å². The van der Waals surface area contributed by atoms with Gasteiger partial charge in [0.15, 0.2) is 0 Å². The summed E-state index contributed by atoms with van der Waals surface area (Å²) in [6, 6.07) is 5.51. The highest BCUT2D eigenvalue weighted by Gasteiger charge is 2.48. The van der Waals surface area contributed by atoms with Crippen molar-refractivity contribution >= 4 is 23.2 Å². The molecule has 25 heavy (non-hydrogen) atoms. The molecule has 132 valence electrons. The van der Waals surface area contributed by atoms with Gasteiger partial charge in [0.1, 0.15) is 22.0 Å². The van der Waals surface area contributed by atoms with Crippen molar-refractivity contribution in [1.82, 2.24) is 15.3 Å². The number of aromatic nitrogens is 2. The number of anilines is 1. The van der Waals surface area contributed by atoms with E-state index in [0.717, 1.165) is 11.3 Å². The van der Waals surface area contributed by atoms with Crippen molar-refractivity contribution < 1.29 is 9.53 Å². The molecule has 1 aliphatic rings. The van der Waals surface area contributed by atoms with Gasteiger partial charge in [-0.25, -0.2) is 4.98 Å². The van der Waals surface area contributed by atoms with E-state index in [2.05, 4.69) is 34.4 Å². The molecule has 1 saturated heterocycles. The van der Waals surface area contributed by atoms with Crippen LogP contribution < -0.4 is 15.4 Å². The molecular formula is C18H21ClN4O2. The first-order chi connectivity index (χ1) is 12.0. The number of nitrogens with zero attached hydrogens (tertiary/aromatic N) is 2. The van der Waals surface area contributed by atoms with Crippen molar-refractivity contribution in [2.45, 2.75) is 25.2 Å². The average Bonchev–Trinajstić information content (AvgIpc) is 2.55. The van der Waals surface area contributed by atoms with Gasteiger partial charge in [-0.1, -0.05) is 31.5 Å². The van der Waals surface area contributed by atoms with E-state index in [4.69, 9.17) is 16.3 Å². The van der Waals surface area contributed by atoms with Crippen LogP contribution in [0, 0.1) is 0 Å². The minimum atomic E-state index is -0.703. The Balaban J connectivity index is 1.95. The number of halogens is 1. The Hall–Kier alpha value is -2.18. The third kappa shape index (κ3) is 3.19. The molecule has 0 aliphatic carbocycles. The SMILES string of the molecule is COc1cc(Cl)ncc1NC(=O)C1(c2ncccc2C(C)C)CNC1. The van der Waals surface area contributed by atoms with Gasteiger partial charge in [-0.3, -0.25) is 9.78 Å². The molecule has 1 fully saturated rings. The molecule has 3 heterocycles. The van der Waals surface area contributed by atoms with Crippen LogP contribution in [0.5, 0.6) is 5.75 Å². The standard InChI is InChI=1S/C18H21ClN4O2/c1-11(2)12-5-4-6-21-16(12)18(9-20-10-18)17(24)23-13-8-22-15(19)7-14(13)25-3/h4-8,11,20H,9-10H2,1-3H3,(H,23,24). The van der Waals surface area contributed by atoms with Crippen LogP contribution in [0.3, 0.4) is 0 Å². The summed E-state index contributed by atoms with van der Waals surface area (Å²) >= 11 is 5.89. The molecule has 2 aromatic rings. The van der Waals surface area contributed by atoms with Gasteiger partial charge in [0, 0.05) is 25.4 Å². The van der Waals surface area contributed by atoms with E-state index in [1.807, 2.05) is 12.1 Å². The monoisotopic (exact) mass is 360 g/mol. The Bertz CT molecular complexity index is 790. The summed E-state index contributed by atoms with van der Waals surface area (Å²) in [5, 5.41) is 6.44. The van der Waals surface area contributed by atoms with Gasteiger partial charge in [-0.05, 0) is 17.5 Å². The highest BCUT2D eigenvalue weighted by molar-refractivity contribution is 6.29. The quantitative estimate of drug-likeness (QED) is 0.802. The van der Waals surface area contributed by atoms with Gasteiger partial charge in [-0.2, -0.15) is 0 Å². The Labute approximate surface area is 152 Å². The number of carbonyl (C=O) groups excluding carboxylic acids is 1. The number of ether oxygens (including phenoxy) is 1. The largest absolute Gasteiger partial charge is 0.494 e. The first kappa shape index (κ1) is 17.6. The van der Waals surface area contributed by atoms with E-state index in [9.17, 15) is 4.79 Å². The Morgan fingerprint density at radius 2 is 2.16 bits per heavy atom. The predicted molar refractivity (Wildman–Crippen MR) is 97.3 cm³/mol. The maximum Gasteiger partial charge on any atom is 0.239 e. The third-order valence-electron chi connectivity index (χ3n) is 4.50. The summed E-state index contributed by atoms with van der Waals surface area (Å²) in [6.45, 7) is 5.28. The maximum atomic E-state index is 13.1. The van der Waals surface area contributed by atoms with Crippen LogP contribution in [-0.4, -0.2) is 36.1 Å². The molecule has 7 heteroatoms. The van der Waals surface area contributed by atoms with E-state index in [-0.39, 0.29) is 11.8 Å². The molecule has 1 aliphatic heterocycles. The van der Waals surface area contributed by atoms with E-state index in [0.29, 0.717) is 29.7 Å². The van der Waals surface area contributed by atoms with Crippen LogP contribution in [0.15, 0.2) is 30.6 Å². The fourth-order valence-corrected chi connectivity index (χ4v) is 3.16. The minimum Gasteiger partial charge on any atom is -0.494 e. The van der Waals surface area contributed by atoms with Gasteiger partial charge in [0.05, 0.1) is 19.0 Å². The van der Waals surface area contributed by atoms with E-state index < -0.39 is 5.41 Å². The number of hydrogen-bond donors (Lipinski definition) is 2. The van der Waals surface area contributed by atoms with Gasteiger partial charge < -0.3 is 15.4 Å². The zero-order valence-electron chi connectivity index (χ0n) is 14.5. The Kier molecular flexibility index (Phi) is 4.92. The number of methoxy groups -OCH3 is 1. The second-order valence-corrected chi connectivity index (χ2v) is 6.83. The van der Waals surface area contributed by atoms with Crippen LogP contribution >= 0.6 is 11.6 Å².